The lowest BCUT2D eigenvalue weighted by Crippen LogP contribution is -2.46. The molecule has 0 aliphatic carbocycles. The predicted octanol–water partition coefficient (Wildman–Crippen LogP) is 5.01. The van der Waals surface area contributed by atoms with Crippen LogP contribution in [0.3, 0.4) is 0 Å². The third-order valence-electron chi connectivity index (χ3n) is 8.31. The maximum Gasteiger partial charge on any atom is 0.459 e. The summed E-state index contributed by atoms with van der Waals surface area (Å²) in [5.41, 5.74) is 4.47. The van der Waals surface area contributed by atoms with Gasteiger partial charge >= 0.3 is 13.7 Å². The molecule has 1 aromatic carbocycles. The van der Waals surface area contributed by atoms with E-state index in [-0.39, 0.29) is 18.2 Å². The fourth-order valence-electron chi connectivity index (χ4n) is 5.54. The summed E-state index contributed by atoms with van der Waals surface area (Å²) in [6, 6.07) is 12.1. The number of aliphatic hydroxyl groups is 2. The first kappa shape index (κ1) is 37.3. The number of hydrogen-bond acceptors (Lipinski definition) is 12. The number of carbonyl (C=O) groups is 1. The fraction of sp³-hybridized carbons (Fsp3) is 0.576. The van der Waals surface area contributed by atoms with Crippen molar-refractivity contribution in [2.45, 2.75) is 108 Å². The second-order valence-electron chi connectivity index (χ2n) is 12.1. The van der Waals surface area contributed by atoms with E-state index in [1.54, 1.807) is 30.3 Å². The summed E-state index contributed by atoms with van der Waals surface area (Å²) < 4.78 is 38.2. The number of para-hydroxylation sites is 1. The Labute approximate surface area is 281 Å². The summed E-state index contributed by atoms with van der Waals surface area (Å²) in [5.74, 6) is -0.316. The number of aliphatic hydroxyl groups excluding tert-OH is 2. The molecule has 0 saturated carbocycles. The number of fused-ring (bicyclic) bond motifs is 1. The zero-order chi connectivity index (χ0) is 34.6. The largest absolute Gasteiger partial charge is 0.465 e. The summed E-state index contributed by atoms with van der Waals surface area (Å²) in [6.07, 6.45) is 8.05. The number of benzene rings is 1. The van der Waals surface area contributed by atoms with Crippen LogP contribution in [0.4, 0.5) is 5.82 Å². The number of carbonyl (C=O) groups excluding carboxylic acids is 1. The molecule has 1 unspecified atom stereocenters. The van der Waals surface area contributed by atoms with Gasteiger partial charge in [-0.15, -0.1) is 0 Å². The van der Waals surface area contributed by atoms with Crippen molar-refractivity contribution in [1.82, 2.24) is 19.7 Å². The van der Waals surface area contributed by atoms with Gasteiger partial charge < -0.3 is 29.9 Å². The number of anilines is 1. The lowest BCUT2D eigenvalue weighted by atomic mass is 9.96. The van der Waals surface area contributed by atoms with Crippen LogP contribution in [-0.2, 0) is 23.4 Å². The van der Waals surface area contributed by atoms with E-state index < -0.39 is 50.3 Å². The zero-order valence-electron chi connectivity index (χ0n) is 27.6. The number of nitrogens with two attached hydrogens (primary N) is 1. The topological polar surface area (TPSA) is 204 Å². The SMILES string of the molecule is CCCCCCCCCCCCOC(=O)[C@H](C)NP(=O)(OC[C@@]1(C#N)O[C@@H](c2ccc3c(N)ncnn23)[C@H](O)[C@@H]1O)Oc1ccccc1. The molecule has 0 radical (unpaired) electrons. The van der Waals surface area contributed by atoms with Gasteiger partial charge in [-0.25, -0.2) is 14.1 Å². The molecule has 1 aliphatic rings. The third-order valence-corrected chi connectivity index (χ3v) is 9.93. The van der Waals surface area contributed by atoms with Crippen LogP contribution in [0, 0.1) is 11.3 Å². The van der Waals surface area contributed by atoms with Gasteiger partial charge in [-0.05, 0) is 37.6 Å². The third kappa shape index (κ3) is 9.53. The first-order valence-electron chi connectivity index (χ1n) is 16.6. The van der Waals surface area contributed by atoms with E-state index in [9.17, 15) is 24.8 Å². The minimum atomic E-state index is -4.42. The number of nitrogen functional groups attached to an aromatic ring is 1. The normalized spacial score (nSPS) is 22.6. The van der Waals surface area contributed by atoms with Crippen molar-refractivity contribution in [2.75, 3.05) is 18.9 Å². The minimum Gasteiger partial charge on any atom is -0.465 e. The Balaban J connectivity index is 1.36. The summed E-state index contributed by atoms with van der Waals surface area (Å²) in [5, 5.41) is 38.9. The summed E-state index contributed by atoms with van der Waals surface area (Å²) in [7, 11) is -4.42. The van der Waals surface area contributed by atoms with Crippen molar-refractivity contribution in [1.29, 1.82) is 5.26 Å². The van der Waals surface area contributed by atoms with E-state index in [2.05, 4.69) is 22.1 Å². The van der Waals surface area contributed by atoms with Gasteiger partial charge in [-0.3, -0.25) is 9.32 Å². The van der Waals surface area contributed by atoms with Crippen LogP contribution in [0.5, 0.6) is 5.75 Å². The Morgan fingerprint density at radius 3 is 2.44 bits per heavy atom. The quantitative estimate of drug-likeness (QED) is 0.0702. The van der Waals surface area contributed by atoms with Gasteiger partial charge in [0.05, 0.1) is 12.3 Å². The van der Waals surface area contributed by atoms with Gasteiger partial charge in [0.25, 0.3) is 0 Å². The molecule has 0 amide bonds. The van der Waals surface area contributed by atoms with Crippen molar-refractivity contribution in [2.24, 2.45) is 0 Å². The Kier molecular flexibility index (Phi) is 13.8. The highest BCUT2D eigenvalue weighted by Gasteiger charge is 2.57. The zero-order valence-corrected chi connectivity index (χ0v) is 28.5. The minimum absolute atomic E-state index is 0.160. The molecule has 4 rings (SSSR count). The molecule has 1 fully saturated rings. The molecule has 0 spiro atoms. The number of nitriles is 1. The first-order chi connectivity index (χ1) is 23.1. The smallest absolute Gasteiger partial charge is 0.459 e. The van der Waals surface area contributed by atoms with E-state index in [1.165, 1.54) is 68.4 Å². The molecule has 1 aliphatic heterocycles. The molecule has 3 heterocycles. The lowest BCUT2D eigenvalue weighted by Gasteiger charge is -2.28. The van der Waals surface area contributed by atoms with E-state index in [0.717, 1.165) is 19.3 Å². The van der Waals surface area contributed by atoms with Gasteiger partial charge in [0.1, 0.15) is 54.6 Å². The van der Waals surface area contributed by atoms with Crippen molar-refractivity contribution < 1.29 is 38.1 Å². The predicted molar refractivity (Wildman–Crippen MR) is 178 cm³/mol. The van der Waals surface area contributed by atoms with Crippen molar-refractivity contribution in [3.05, 3.63) is 54.5 Å². The summed E-state index contributed by atoms with van der Waals surface area (Å²) >= 11 is 0. The maximum atomic E-state index is 14.1. The second-order valence-corrected chi connectivity index (χ2v) is 13.7. The molecular weight excluding hydrogens is 639 g/mol. The molecular formula is C33H47N6O8P. The molecule has 15 heteroatoms. The highest BCUT2D eigenvalue weighted by atomic mass is 31.2. The van der Waals surface area contributed by atoms with E-state index in [0.29, 0.717) is 17.6 Å². The number of esters is 1. The second kappa shape index (κ2) is 17.7. The van der Waals surface area contributed by atoms with E-state index in [4.69, 9.17) is 24.3 Å². The molecule has 6 atom stereocenters. The number of nitrogens with one attached hydrogen (secondary N) is 1. The fourth-order valence-corrected chi connectivity index (χ4v) is 7.06. The van der Waals surface area contributed by atoms with Gasteiger partial charge in [0.2, 0.25) is 5.60 Å². The highest BCUT2D eigenvalue weighted by molar-refractivity contribution is 7.52. The standard InChI is InChI=1S/C33H47N6O8P/c1-3-4-5-6-7-8-9-10-11-15-20-44-32(42)24(2)38-48(43,47-25-16-13-12-14-17-25)45-22-33(21-34)30(41)28(40)29(46-33)26-18-19-27-31(35)36-23-37-39(26)27/h12-14,16-19,23-24,28-30,40-41H,3-11,15,20,22H2,1-2H3,(H,38,43)(H2,35,36,37)/t24-,28-,29-,30-,33+,48?/m0/s1. The Bertz CT molecular complexity index is 1550. The van der Waals surface area contributed by atoms with Crippen molar-refractivity contribution in [3.8, 4) is 11.8 Å². The number of unbranched alkanes of at least 4 members (excludes halogenated alkanes) is 9. The number of ether oxygens (including phenoxy) is 2. The summed E-state index contributed by atoms with van der Waals surface area (Å²) in [4.78, 5) is 16.8. The average Bonchev–Trinajstić information content (AvgIpc) is 3.62. The molecule has 2 aromatic heterocycles. The van der Waals surface area contributed by atoms with Crippen molar-refractivity contribution >= 4 is 25.1 Å². The summed E-state index contributed by atoms with van der Waals surface area (Å²) in [6.45, 7) is 3.09. The maximum absolute atomic E-state index is 14.1. The molecule has 1 saturated heterocycles. The van der Waals surface area contributed by atoms with Gasteiger partial charge in [-0.2, -0.15) is 15.4 Å². The van der Waals surface area contributed by atoms with Crippen LogP contribution in [-0.4, -0.2) is 67.8 Å². The van der Waals surface area contributed by atoms with Gasteiger partial charge in [0, 0.05) is 0 Å². The van der Waals surface area contributed by atoms with E-state index in [1.807, 2.05) is 6.07 Å². The number of nitrogens with zero attached hydrogens (tertiary/aromatic N) is 4. The van der Waals surface area contributed by atoms with Crippen LogP contribution in [0.15, 0.2) is 48.8 Å². The monoisotopic (exact) mass is 686 g/mol. The highest BCUT2D eigenvalue weighted by Crippen LogP contribution is 2.48. The molecule has 3 aromatic rings. The van der Waals surface area contributed by atoms with Crippen LogP contribution in [0.2, 0.25) is 0 Å². The lowest BCUT2D eigenvalue weighted by molar-refractivity contribution is -0.145. The Hall–Kier alpha value is -3.57. The molecule has 262 valence electrons. The van der Waals surface area contributed by atoms with Gasteiger partial charge in [0.15, 0.2) is 5.82 Å². The van der Waals surface area contributed by atoms with Crippen LogP contribution >= 0.6 is 7.75 Å². The van der Waals surface area contributed by atoms with E-state index >= 15 is 0 Å². The molecule has 0 bridgehead atoms. The first-order valence-corrected chi connectivity index (χ1v) is 18.1. The Morgan fingerprint density at radius 1 is 1.10 bits per heavy atom. The number of rotatable bonds is 20. The van der Waals surface area contributed by atoms with Gasteiger partial charge in [-0.1, -0.05) is 82.9 Å². The number of hydrogen-bond donors (Lipinski definition) is 4. The van der Waals surface area contributed by atoms with Crippen LogP contribution < -0.4 is 15.3 Å². The van der Waals surface area contributed by atoms with Crippen LogP contribution in [0.25, 0.3) is 5.52 Å². The Morgan fingerprint density at radius 2 is 1.77 bits per heavy atom. The molecule has 5 N–H and O–H groups in total. The molecule has 14 nitrogen and oxygen atoms in total. The van der Waals surface area contributed by atoms with Crippen LogP contribution in [0.1, 0.15) is 89.9 Å². The van der Waals surface area contributed by atoms with Crippen molar-refractivity contribution in [3.63, 3.8) is 0 Å². The average molecular weight is 687 g/mol. The molecule has 48 heavy (non-hydrogen) atoms. The number of aromatic nitrogens is 3.